The maximum Gasteiger partial charge on any atom is 0.264 e. The van der Waals surface area contributed by atoms with Crippen molar-refractivity contribution in [1.29, 1.82) is 0 Å². The molecule has 1 amide bonds. The summed E-state index contributed by atoms with van der Waals surface area (Å²) < 4.78 is 33.8. The van der Waals surface area contributed by atoms with Crippen molar-refractivity contribution in [3.63, 3.8) is 0 Å². The molecule has 29 heavy (non-hydrogen) atoms. The topological polar surface area (TPSA) is 72.5 Å². The summed E-state index contributed by atoms with van der Waals surface area (Å²) in [7, 11) is -2.51. The predicted molar refractivity (Wildman–Crippen MR) is 113 cm³/mol. The maximum absolute atomic E-state index is 13.1. The third-order valence-corrected chi connectivity index (χ3v) is 7.10. The van der Waals surface area contributed by atoms with Crippen molar-refractivity contribution in [1.82, 2.24) is 4.72 Å². The SMILES string of the molecule is COc1ccc(Cl)c2c1C(C(=O)NS(=O)(=O)c1cccc3ccccc13)CCC2. The molecule has 7 heteroatoms. The maximum atomic E-state index is 13.1. The molecule has 0 aromatic heterocycles. The highest BCUT2D eigenvalue weighted by Gasteiger charge is 2.33. The molecule has 1 atom stereocenters. The molecule has 0 spiro atoms. The summed E-state index contributed by atoms with van der Waals surface area (Å²) in [4.78, 5) is 13.2. The summed E-state index contributed by atoms with van der Waals surface area (Å²) in [6.45, 7) is 0. The third kappa shape index (κ3) is 3.58. The van der Waals surface area contributed by atoms with E-state index in [4.69, 9.17) is 16.3 Å². The van der Waals surface area contributed by atoms with E-state index in [0.29, 0.717) is 28.1 Å². The summed E-state index contributed by atoms with van der Waals surface area (Å²) in [5.74, 6) is -0.664. The van der Waals surface area contributed by atoms with Gasteiger partial charge in [0.25, 0.3) is 10.0 Å². The molecule has 0 aliphatic heterocycles. The molecule has 0 fully saturated rings. The second kappa shape index (κ2) is 7.69. The first-order valence-electron chi connectivity index (χ1n) is 9.32. The third-order valence-electron chi connectivity index (χ3n) is 5.34. The number of hydrogen-bond donors (Lipinski definition) is 1. The molecule has 1 unspecified atom stereocenters. The van der Waals surface area contributed by atoms with Crippen LogP contribution in [0, 0.1) is 0 Å². The zero-order valence-corrected chi connectivity index (χ0v) is 17.4. The number of carbonyl (C=O) groups excluding carboxylic acids is 1. The van der Waals surface area contributed by atoms with E-state index < -0.39 is 21.8 Å². The van der Waals surface area contributed by atoms with Crippen molar-refractivity contribution in [3.8, 4) is 5.75 Å². The molecule has 0 radical (unpaired) electrons. The lowest BCUT2D eigenvalue weighted by Gasteiger charge is -2.27. The van der Waals surface area contributed by atoms with Gasteiger partial charge in [-0.25, -0.2) is 13.1 Å². The minimum Gasteiger partial charge on any atom is -0.496 e. The van der Waals surface area contributed by atoms with Gasteiger partial charge in [0.1, 0.15) is 5.75 Å². The lowest BCUT2D eigenvalue weighted by molar-refractivity contribution is -0.121. The van der Waals surface area contributed by atoms with Crippen LogP contribution in [0.25, 0.3) is 10.8 Å². The van der Waals surface area contributed by atoms with Crippen LogP contribution in [0.15, 0.2) is 59.5 Å². The van der Waals surface area contributed by atoms with Gasteiger partial charge in [0, 0.05) is 16.0 Å². The van der Waals surface area contributed by atoms with Crippen molar-refractivity contribution >= 4 is 38.3 Å². The Morgan fingerprint density at radius 2 is 1.86 bits per heavy atom. The van der Waals surface area contributed by atoms with E-state index >= 15 is 0 Å². The first-order chi connectivity index (χ1) is 13.9. The van der Waals surface area contributed by atoms with Gasteiger partial charge in [-0.3, -0.25) is 4.79 Å². The molecule has 1 aliphatic rings. The van der Waals surface area contributed by atoms with Crippen molar-refractivity contribution in [2.24, 2.45) is 0 Å². The Balaban J connectivity index is 1.72. The van der Waals surface area contributed by atoms with Crippen LogP contribution >= 0.6 is 11.6 Å². The van der Waals surface area contributed by atoms with Crippen LogP contribution in [0.1, 0.15) is 29.9 Å². The Morgan fingerprint density at radius 3 is 2.66 bits per heavy atom. The van der Waals surface area contributed by atoms with Crippen LogP contribution in [0.3, 0.4) is 0 Å². The number of sulfonamides is 1. The van der Waals surface area contributed by atoms with Gasteiger partial charge in [0.15, 0.2) is 0 Å². The van der Waals surface area contributed by atoms with Crippen LogP contribution in [-0.2, 0) is 21.2 Å². The molecule has 4 rings (SSSR count). The Hall–Kier alpha value is -2.57. The molecule has 1 N–H and O–H groups in total. The molecule has 0 saturated carbocycles. The average Bonchev–Trinajstić information content (AvgIpc) is 2.73. The quantitative estimate of drug-likeness (QED) is 0.666. The number of nitrogens with one attached hydrogen (secondary N) is 1. The number of hydrogen-bond acceptors (Lipinski definition) is 4. The Bertz CT molecular complexity index is 1200. The molecular weight excluding hydrogens is 410 g/mol. The molecular formula is C22H20ClNO4S. The summed E-state index contributed by atoms with van der Waals surface area (Å²) in [5.41, 5.74) is 1.52. The van der Waals surface area contributed by atoms with Gasteiger partial charge in [-0.05, 0) is 48.4 Å². The normalized spacial score (nSPS) is 16.3. The fourth-order valence-electron chi connectivity index (χ4n) is 4.01. The number of amides is 1. The zero-order chi connectivity index (χ0) is 20.6. The Labute approximate surface area is 174 Å². The number of benzene rings is 3. The van der Waals surface area contributed by atoms with Crippen LogP contribution in [0.4, 0.5) is 0 Å². The first kappa shape index (κ1) is 19.7. The fourth-order valence-corrected chi connectivity index (χ4v) is 5.52. The van der Waals surface area contributed by atoms with Gasteiger partial charge >= 0.3 is 0 Å². The zero-order valence-electron chi connectivity index (χ0n) is 15.8. The lowest BCUT2D eigenvalue weighted by Crippen LogP contribution is -2.36. The van der Waals surface area contributed by atoms with Gasteiger partial charge in [0.2, 0.25) is 5.91 Å². The van der Waals surface area contributed by atoms with E-state index in [1.165, 1.54) is 13.2 Å². The summed E-state index contributed by atoms with van der Waals surface area (Å²) in [6, 6.07) is 15.6. The van der Waals surface area contributed by atoms with Crippen molar-refractivity contribution < 1.29 is 17.9 Å². The highest BCUT2D eigenvalue weighted by Crippen LogP contribution is 2.41. The molecule has 3 aromatic rings. The van der Waals surface area contributed by atoms with Crippen molar-refractivity contribution in [3.05, 3.63) is 70.7 Å². The van der Waals surface area contributed by atoms with Gasteiger partial charge in [0.05, 0.1) is 17.9 Å². The highest BCUT2D eigenvalue weighted by atomic mass is 35.5. The Morgan fingerprint density at radius 1 is 1.10 bits per heavy atom. The van der Waals surface area contributed by atoms with Crippen LogP contribution in [-0.4, -0.2) is 21.4 Å². The molecule has 3 aromatic carbocycles. The van der Waals surface area contributed by atoms with Crippen molar-refractivity contribution in [2.75, 3.05) is 7.11 Å². The van der Waals surface area contributed by atoms with E-state index in [0.717, 1.165) is 23.8 Å². The fraction of sp³-hybridized carbons (Fsp3) is 0.227. The minimum absolute atomic E-state index is 0.0815. The van der Waals surface area contributed by atoms with Gasteiger partial charge < -0.3 is 4.74 Å². The van der Waals surface area contributed by atoms with E-state index in [2.05, 4.69) is 4.72 Å². The molecule has 0 saturated heterocycles. The molecule has 0 heterocycles. The Kier molecular flexibility index (Phi) is 5.23. The molecule has 1 aliphatic carbocycles. The summed E-state index contributed by atoms with van der Waals surface area (Å²) in [5, 5.41) is 1.93. The van der Waals surface area contributed by atoms with Gasteiger partial charge in [-0.1, -0.05) is 48.0 Å². The van der Waals surface area contributed by atoms with Crippen LogP contribution in [0.2, 0.25) is 5.02 Å². The number of rotatable bonds is 4. The van der Waals surface area contributed by atoms with Crippen molar-refractivity contribution in [2.45, 2.75) is 30.1 Å². The van der Waals surface area contributed by atoms with Crippen LogP contribution in [0.5, 0.6) is 5.75 Å². The molecule has 5 nitrogen and oxygen atoms in total. The number of ether oxygens (including phenoxy) is 1. The van der Waals surface area contributed by atoms with E-state index in [1.807, 2.05) is 18.2 Å². The van der Waals surface area contributed by atoms with E-state index in [1.54, 1.807) is 30.3 Å². The van der Waals surface area contributed by atoms with E-state index in [9.17, 15) is 13.2 Å². The van der Waals surface area contributed by atoms with Gasteiger partial charge in [-0.15, -0.1) is 0 Å². The molecule has 0 bridgehead atoms. The second-order valence-electron chi connectivity index (χ2n) is 7.03. The van der Waals surface area contributed by atoms with Crippen LogP contribution < -0.4 is 9.46 Å². The lowest BCUT2D eigenvalue weighted by atomic mass is 9.82. The van der Waals surface area contributed by atoms with Gasteiger partial charge in [-0.2, -0.15) is 0 Å². The standard InChI is InChI=1S/C22H20ClNO4S/c1-28-19-13-12-18(23)16-9-5-10-17(21(16)19)22(25)24-29(26,27)20-11-4-7-14-6-2-3-8-15(14)20/h2-4,6-8,11-13,17H,5,9-10H2,1H3,(H,24,25). The number of carbonyl (C=O) groups is 1. The average molecular weight is 430 g/mol. The monoisotopic (exact) mass is 429 g/mol. The predicted octanol–water partition coefficient (Wildman–Crippen LogP) is 4.43. The highest BCUT2D eigenvalue weighted by molar-refractivity contribution is 7.90. The second-order valence-corrected chi connectivity index (χ2v) is 9.09. The summed E-state index contributed by atoms with van der Waals surface area (Å²) >= 11 is 6.33. The number of halogens is 1. The number of fused-ring (bicyclic) bond motifs is 2. The number of methoxy groups -OCH3 is 1. The van der Waals surface area contributed by atoms with E-state index in [-0.39, 0.29) is 4.90 Å². The smallest absolute Gasteiger partial charge is 0.264 e. The minimum atomic E-state index is -4.04. The summed E-state index contributed by atoms with van der Waals surface area (Å²) in [6.07, 6.45) is 2.00. The first-order valence-corrected chi connectivity index (χ1v) is 11.2. The molecule has 150 valence electrons. The largest absolute Gasteiger partial charge is 0.496 e.